The largest absolute Gasteiger partial charge is 0.334 e. The third kappa shape index (κ3) is 5.46. The number of nitrogens with zero attached hydrogens (tertiary/aromatic N) is 4. The fourth-order valence-corrected chi connectivity index (χ4v) is 4.96. The maximum absolute atomic E-state index is 13.9. The van der Waals surface area contributed by atoms with Crippen molar-refractivity contribution in [1.29, 1.82) is 0 Å². The van der Waals surface area contributed by atoms with Gasteiger partial charge in [-0.1, -0.05) is 18.5 Å². The van der Waals surface area contributed by atoms with Gasteiger partial charge in [0, 0.05) is 25.0 Å². The molecule has 9 nitrogen and oxygen atoms in total. The number of rotatable bonds is 7. The molecule has 1 unspecified atom stereocenters. The lowest BCUT2D eigenvalue weighted by molar-refractivity contribution is 0.256. The number of amides is 2. The molecule has 1 saturated heterocycles. The highest BCUT2D eigenvalue weighted by Gasteiger charge is 2.31. The van der Waals surface area contributed by atoms with Crippen LogP contribution in [0.5, 0.6) is 0 Å². The normalized spacial score (nSPS) is 17.0. The summed E-state index contributed by atoms with van der Waals surface area (Å²) >= 11 is 5.87. The smallest absolute Gasteiger partial charge is 0.307 e. The summed E-state index contributed by atoms with van der Waals surface area (Å²) in [6, 6.07) is 1.69. The first kappa shape index (κ1) is 23.3. The van der Waals surface area contributed by atoms with Crippen molar-refractivity contribution in [2.45, 2.75) is 32.2 Å². The number of likely N-dealkylation sites (tertiary alicyclic amines) is 1. The van der Waals surface area contributed by atoms with Crippen molar-refractivity contribution >= 4 is 39.2 Å². The van der Waals surface area contributed by atoms with Gasteiger partial charge in [-0.3, -0.25) is 4.68 Å². The van der Waals surface area contributed by atoms with Crippen LogP contribution in [0.15, 0.2) is 24.5 Å². The zero-order chi connectivity index (χ0) is 22.8. The van der Waals surface area contributed by atoms with Crippen LogP contribution in [0.2, 0.25) is 5.02 Å². The van der Waals surface area contributed by atoms with E-state index in [-0.39, 0.29) is 23.3 Å². The SMILES string of the molecule is CCc1cc(NC(=O)NS(=O)(=O)N(CC2CCCN2C)c2cnn(C)c2)cc(Cl)c1F. The molecule has 1 aliphatic rings. The molecule has 170 valence electrons. The Kier molecular flexibility index (Phi) is 7.07. The quantitative estimate of drug-likeness (QED) is 0.645. The van der Waals surface area contributed by atoms with E-state index < -0.39 is 22.1 Å². The van der Waals surface area contributed by atoms with E-state index in [0.717, 1.165) is 23.7 Å². The lowest BCUT2D eigenvalue weighted by atomic mass is 10.1. The number of nitrogens with one attached hydrogen (secondary N) is 2. The molecule has 1 atom stereocenters. The van der Waals surface area contributed by atoms with Gasteiger partial charge in [-0.15, -0.1) is 0 Å². The van der Waals surface area contributed by atoms with Crippen molar-refractivity contribution in [2.75, 3.05) is 29.8 Å². The molecular weight excluding hydrogens is 447 g/mol. The molecule has 2 aromatic rings. The van der Waals surface area contributed by atoms with Gasteiger partial charge in [0.1, 0.15) is 5.82 Å². The van der Waals surface area contributed by atoms with Crippen LogP contribution < -0.4 is 14.3 Å². The zero-order valence-electron chi connectivity index (χ0n) is 17.6. The molecule has 2 amide bonds. The molecule has 1 aliphatic heterocycles. The van der Waals surface area contributed by atoms with Gasteiger partial charge in [0.15, 0.2) is 0 Å². The minimum atomic E-state index is -4.24. The van der Waals surface area contributed by atoms with Crippen LogP contribution >= 0.6 is 11.6 Å². The highest BCUT2D eigenvalue weighted by atomic mass is 35.5. The van der Waals surface area contributed by atoms with E-state index in [1.54, 1.807) is 20.2 Å². The molecule has 31 heavy (non-hydrogen) atoms. The minimum absolute atomic E-state index is 0.0165. The van der Waals surface area contributed by atoms with Crippen LogP contribution in [0.3, 0.4) is 0 Å². The van der Waals surface area contributed by atoms with E-state index in [1.807, 2.05) is 11.8 Å². The van der Waals surface area contributed by atoms with Crippen molar-refractivity contribution < 1.29 is 17.6 Å². The maximum Gasteiger partial charge on any atom is 0.334 e. The van der Waals surface area contributed by atoms with E-state index in [1.165, 1.54) is 23.0 Å². The number of aryl methyl sites for hydroxylation is 2. The van der Waals surface area contributed by atoms with Crippen LogP contribution in [-0.4, -0.2) is 55.3 Å². The fraction of sp³-hybridized carbons (Fsp3) is 0.474. The maximum atomic E-state index is 13.9. The third-order valence-corrected chi connectivity index (χ3v) is 6.94. The summed E-state index contributed by atoms with van der Waals surface area (Å²) in [5.74, 6) is -0.564. The van der Waals surface area contributed by atoms with Gasteiger partial charge in [-0.25, -0.2) is 18.2 Å². The van der Waals surface area contributed by atoms with E-state index in [4.69, 9.17) is 11.6 Å². The number of halogens is 2. The van der Waals surface area contributed by atoms with E-state index in [9.17, 15) is 17.6 Å². The Morgan fingerprint density at radius 2 is 2.13 bits per heavy atom. The van der Waals surface area contributed by atoms with Crippen LogP contribution in [-0.2, 0) is 23.7 Å². The average molecular weight is 473 g/mol. The first-order valence-corrected chi connectivity index (χ1v) is 11.7. The monoisotopic (exact) mass is 472 g/mol. The van der Waals surface area contributed by atoms with Crippen LogP contribution in [0, 0.1) is 5.82 Å². The van der Waals surface area contributed by atoms with Gasteiger partial charge in [-0.2, -0.15) is 13.5 Å². The van der Waals surface area contributed by atoms with Gasteiger partial charge in [0.2, 0.25) is 0 Å². The van der Waals surface area contributed by atoms with Crippen LogP contribution in [0.25, 0.3) is 0 Å². The average Bonchev–Trinajstić information content (AvgIpc) is 3.29. The lowest BCUT2D eigenvalue weighted by Crippen LogP contribution is -2.49. The summed E-state index contributed by atoms with van der Waals surface area (Å²) < 4.78 is 44.8. The van der Waals surface area contributed by atoms with Crippen molar-refractivity contribution in [1.82, 2.24) is 19.4 Å². The minimum Gasteiger partial charge on any atom is -0.307 e. The number of benzene rings is 1. The predicted molar refractivity (Wildman–Crippen MR) is 118 cm³/mol. The first-order chi connectivity index (χ1) is 14.6. The Labute approximate surface area is 186 Å². The Bertz CT molecular complexity index is 1060. The molecule has 0 bridgehead atoms. The van der Waals surface area contributed by atoms with Gasteiger partial charge >= 0.3 is 16.2 Å². The number of aromatic nitrogens is 2. The third-order valence-electron chi connectivity index (χ3n) is 5.28. The topological polar surface area (TPSA) is 99.6 Å². The molecule has 0 spiro atoms. The van der Waals surface area contributed by atoms with E-state index >= 15 is 0 Å². The molecule has 1 aromatic carbocycles. The second-order valence-corrected chi connectivity index (χ2v) is 9.53. The number of hydrogen-bond donors (Lipinski definition) is 2. The number of urea groups is 1. The van der Waals surface area contributed by atoms with Crippen molar-refractivity contribution in [3.63, 3.8) is 0 Å². The van der Waals surface area contributed by atoms with E-state index in [0.29, 0.717) is 17.7 Å². The van der Waals surface area contributed by atoms with E-state index in [2.05, 4.69) is 15.3 Å². The van der Waals surface area contributed by atoms with Crippen LogP contribution in [0.1, 0.15) is 25.3 Å². The van der Waals surface area contributed by atoms with Gasteiger partial charge in [0.25, 0.3) is 0 Å². The second-order valence-electron chi connectivity index (χ2n) is 7.53. The van der Waals surface area contributed by atoms with Crippen LogP contribution in [0.4, 0.5) is 20.6 Å². The second kappa shape index (κ2) is 9.41. The standard InChI is InChI=1S/C19H26ClFN6O3S/c1-4-13-8-14(9-17(20)18(13)21)23-19(28)24-31(29,30)27(16-10-22-26(3)11-16)12-15-6-5-7-25(15)2/h8-11,15H,4-7,12H2,1-3H3,(H2,23,24,28). The molecule has 0 saturated carbocycles. The highest BCUT2D eigenvalue weighted by Crippen LogP contribution is 2.25. The summed E-state index contributed by atoms with van der Waals surface area (Å²) in [5.41, 5.74) is 0.854. The Morgan fingerprint density at radius 1 is 1.39 bits per heavy atom. The first-order valence-electron chi connectivity index (χ1n) is 9.89. The fourth-order valence-electron chi connectivity index (χ4n) is 3.59. The van der Waals surface area contributed by atoms with Gasteiger partial charge in [-0.05, 0) is 50.6 Å². The number of likely N-dealkylation sites (N-methyl/N-ethyl adjacent to an activating group) is 1. The van der Waals surface area contributed by atoms with Crippen molar-refractivity contribution in [3.05, 3.63) is 40.9 Å². The highest BCUT2D eigenvalue weighted by molar-refractivity contribution is 7.91. The van der Waals surface area contributed by atoms with Crippen molar-refractivity contribution in [2.24, 2.45) is 7.05 Å². The molecular formula is C19H26ClFN6O3S. The molecule has 1 aromatic heterocycles. The zero-order valence-corrected chi connectivity index (χ0v) is 19.2. The molecule has 2 N–H and O–H groups in total. The number of hydrogen-bond acceptors (Lipinski definition) is 5. The molecule has 0 aliphatic carbocycles. The summed E-state index contributed by atoms with van der Waals surface area (Å²) in [7, 11) is -0.622. The molecule has 2 heterocycles. The summed E-state index contributed by atoms with van der Waals surface area (Å²) in [4.78, 5) is 14.6. The molecule has 12 heteroatoms. The lowest BCUT2D eigenvalue weighted by Gasteiger charge is -2.28. The van der Waals surface area contributed by atoms with Gasteiger partial charge < -0.3 is 10.2 Å². The van der Waals surface area contributed by atoms with Crippen molar-refractivity contribution in [3.8, 4) is 0 Å². The summed E-state index contributed by atoms with van der Waals surface area (Å²) in [6.45, 7) is 2.80. The number of anilines is 2. The Morgan fingerprint density at radius 3 is 2.71 bits per heavy atom. The summed E-state index contributed by atoms with van der Waals surface area (Å²) in [5, 5.41) is 6.31. The Hall–Kier alpha value is -2.37. The molecule has 3 rings (SSSR count). The number of carbonyl (C=O) groups is 1. The molecule has 0 radical (unpaired) electrons. The predicted octanol–water partition coefficient (Wildman–Crippen LogP) is 2.74. The summed E-state index contributed by atoms with van der Waals surface area (Å²) in [6.07, 6.45) is 5.19. The molecule has 1 fully saturated rings. The Balaban J connectivity index is 1.79. The number of carbonyl (C=O) groups excluding carboxylic acids is 1. The van der Waals surface area contributed by atoms with Gasteiger partial charge in [0.05, 0.1) is 23.5 Å².